The summed E-state index contributed by atoms with van der Waals surface area (Å²) >= 11 is 0. The van der Waals surface area contributed by atoms with Gasteiger partial charge in [-0.2, -0.15) is 0 Å². The highest BCUT2D eigenvalue weighted by atomic mass is 16.5. The lowest BCUT2D eigenvalue weighted by molar-refractivity contribution is -0.0590. The van der Waals surface area contributed by atoms with E-state index in [0.29, 0.717) is 47.4 Å². The van der Waals surface area contributed by atoms with Crippen molar-refractivity contribution in [2.75, 3.05) is 6.61 Å². The first-order chi connectivity index (χ1) is 14.3. The van der Waals surface area contributed by atoms with Gasteiger partial charge in [0.1, 0.15) is 0 Å². The predicted molar refractivity (Wildman–Crippen MR) is 120 cm³/mol. The molecule has 1 unspecified atom stereocenters. The second kappa shape index (κ2) is 7.59. The largest absolute Gasteiger partial charge is 0.396 e. The number of allylic oxidation sites excluding steroid dienone is 1. The minimum Gasteiger partial charge on any atom is -0.396 e. The average Bonchev–Trinajstić information content (AvgIpc) is 3.20. The second-order valence-corrected chi connectivity index (χ2v) is 12.4. The van der Waals surface area contributed by atoms with Gasteiger partial charge in [-0.1, -0.05) is 39.3 Å². The lowest BCUT2D eigenvalue weighted by atomic mass is 9.47. The smallest absolute Gasteiger partial charge is 0.0618 e. The van der Waals surface area contributed by atoms with Gasteiger partial charge < -0.3 is 14.9 Å². The van der Waals surface area contributed by atoms with Crippen LogP contribution in [0.1, 0.15) is 85.5 Å². The van der Waals surface area contributed by atoms with Gasteiger partial charge in [-0.15, -0.1) is 0 Å². The van der Waals surface area contributed by atoms with Crippen molar-refractivity contribution in [3.63, 3.8) is 0 Å². The van der Waals surface area contributed by atoms with Crippen molar-refractivity contribution in [2.45, 2.75) is 104 Å². The maximum atomic E-state index is 10.2. The first-order valence-corrected chi connectivity index (χ1v) is 12.9. The summed E-state index contributed by atoms with van der Waals surface area (Å²) in [6.45, 7) is 10.0. The van der Waals surface area contributed by atoms with Crippen LogP contribution in [-0.2, 0) is 4.74 Å². The Morgan fingerprint density at radius 1 is 1.20 bits per heavy atom. The van der Waals surface area contributed by atoms with E-state index in [9.17, 15) is 10.2 Å². The topological polar surface area (TPSA) is 49.7 Å². The van der Waals surface area contributed by atoms with Gasteiger partial charge in [0.2, 0.25) is 0 Å². The monoisotopic (exact) mass is 416 g/mol. The Morgan fingerprint density at radius 3 is 2.77 bits per heavy atom. The van der Waals surface area contributed by atoms with Gasteiger partial charge in [0.15, 0.2) is 0 Å². The predicted octanol–water partition coefficient (Wildman–Crippen LogP) is 5.35. The lowest BCUT2D eigenvalue weighted by Crippen LogP contribution is -2.51. The average molecular weight is 417 g/mol. The van der Waals surface area contributed by atoms with Crippen LogP contribution in [-0.4, -0.2) is 35.1 Å². The third kappa shape index (κ3) is 3.09. The summed E-state index contributed by atoms with van der Waals surface area (Å²) in [5.74, 6) is 4.15. The van der Waals surface area contributed by atoms with Crippen LogP contribution in [0.4, 0.5) is 0 Å². The molecule has 4 fully saturated rings. The summed E-state index contributed by atoms with van der Waals surface area (Å²) in [4.78, 5) is 0. The zero-order valence-electron chi connectivity index (χ0n) is 19.6. The van der Waals surface area contributed by atoms with Crippen LogP contribution in [0, 0.1) is 46.3 Å². The van der Waals surface area contributed by atoms with E-state index in [1.807, 2.05) is 0 Å². The number of hydrogen-bond acceptors (Lipinski definition) is 3. The molecule has 2 N–H and O–H groups in total. The Morgan fingerprint density at radius 2 is 2.00 bits per heavy atom. The number of fused-ring (bicyclic) bond motifs is 7. The molecule has 0 aromatic heterocycles. The van der Waals surface area contributed by atoms with Gasteiger partial charge in [-0.05, 0) is 104 Å². The summed E-state index contributed by atoms with van der Waals surface area (Å²) in [7, 11) is 0. The molecule has 4 aliphatic carbocycles. The van der Waals surface area contributed by atoms with Crippen LogP contribution in [0.5, 0.6) is 0 Å². The van der Waals surface area contributed by atoms with Crippen LogP contribution >= 0.6 is 0 Å². The molecule has 0 bridgehead atoms. The molecular weight excluding hydrogens is 372 g/mol. The van der Waals surface area contributed by atoms with Crippen LogP contribution in [0.3, 0.4) is 0 Å². The number of ether oxygens (including phenoxy) is 1. The summed E-state index contributed by atoms with van der Waals surface area (Å²) in [6, 6.07) is 0. The number of hydrogen-bond donors (Lipinski definition) is 2. The van der Waals surface area contributed by atoms with Crippen LogP contribution in [0.15, 0.2) is 11.6 Å². The third-order valence-electron chi connectivity index (χ3n) is 10.9. The summed E-state index contributed by atoms with van der Waals surface area (Å²) in [5, 5.41) is 19.6. The van der Waals surface area contributed by atoms with E-state index in [1.165, 1.54) is 32.1 Å². The van der Waals surface area contributed by atoms with E-state index in [2.05, 4.69) is 33.8 Å². The van der Waals surface area contributed by atoms with E-state index in [-0.39, 0.29) is 6.10 Å². The Kier molecular flexibility index (Phi) is 5.43. The van der Waals surface area contributed by atoms with E-state index in [4.69, 9.17) is 4.74 Å². The fraction of sp³-hybridized carbons (Fsp3) is 0.926. The maximum Gasteiger partial charge on any atom is 0.0618 e. The highest BCUT2D eigenvalue weighted by Crippen LogP contribution is 2.69. The van der Waals surface area contributed by atoms with Crippen molar-refractivity contribution >= 4 is 0 Å². The number of aliphatic hydroxyl groups is 2. The summed E-state index contributed by atoms with van der Waals surface area (Å²) in [5.41, 5.74) is 2.33. The fourth-order valence-corrected chi connectivity index (χ4v) is 9.20. The minimum absolute atomic E-state index is 0.111. The van der Waals surface area contributed by atoms with E-state index < -0.39 is 0 Å². The normalized spacial score (nSPS) is 53.3. The van der Waals surface area contributed by atoms with E-state index in [1.54, 1.807) is 5.57 Å². The third-order valence-corrected chi connectivity index (χ3v) is 10.9. The molecule has 1 saturated heterocycles. The highest BCUT2D eigenvalue weighted by Gasteiger charge is 2.64. The van der Waals surface area contributed by atoms with E-state index >= 15 is 0 Å². The molecule has 3 nitrogen and oxygen atoms in total. The molecule has 11 atom stereocenters. The van der Waals surface area contributed by atoms with Crippen molar-refractivity contribution in [1.29, 1.82) is 0 Å². The van der Waals surface area contributed by atoms with Crippen LogP contribution in [0.25, 0.3) is 0 Å². The summed E-state index contributed by atoms with van der Waals surface area (Å²) in [6.07, 6.45) is 13.8. The van der Waals surface area contributed by atoms with Gasteiger partial charge >= 0.3 is 0 Å². The first kappa shape index (κ1) is 21.5. The SMILES string of the molecule is CC(CO)CC[C@H]1O[C@H]2C[C@H]3[C@@H]4CC=C5C[C@@H](O)CC[C@]5(C)[C@H]4CC[C@]3(C)[C@H]2[C@@H]1C. The standard InChI is InChI=1S/C27H44O3/c1-16(15-28)5-8-23-17(2)25-24(30-23)14-22-20-7-6-18-13-19(29)9-11-26(18,3)21(20)10-12-27(22,25)4/h6,16-17,19-25,28-29H,5,7-15H2,1-4H3/t16?,17-,19+,20-,21+,22+,23-,24+,25+,26+,27+/m1/s1. The fourth-order valence-electron chi connectivity index (χ4n) is 9.20. The first-order valence-electron chi connectivity index (χ1n) is 12.9. The zero-order valence-corrected chi connectivity index (χ0v) is 19.6. The quantitative estimate of drug-likeness (QED) is 0.608. The molecule has 5 rings (SSSR count). The molecule has 0 amide bonds. The molecule has 0 spiro atoms. The molecule has 3 heteroatoms. The van der Waals surface area contributed by atoms with Gasteiger partial charge in [0.25, 0.3) is 0 Å². The molecule has 5 aliphatic rings. The van der Waals surface area contributed by atoms with Crippen molar-refractivity contribution < 1.29 is 14.9 Å². The van der Waals surface area contributed by atoms with Gasteiger partial charge in [-0.25, -0.2) is 0 Å². The number of aliphatic hydroxyl groups excluding tert-OH is 2. The maximum absolute atomic E-state index is 10.2. The molecule has 170 valence electrons. The second-order valence-electron chi connectivity index (χ2n) is 12.4. The zero-order chi connectivity index (χ0) is 21.3. The Balaban J connectivity index is 1.34. The molecule has 30 heavy (non-hydrogen) atoms. The van der Waals surface area contributed by atoms with E-state index in [0.717, 1.165) is 43.4 Å². The van der Waals surface area contributed by atoms with Crippen LogP contribution in [0.2, 0.25) is 0 Å². The molecular formula is C27H44O3. The van der Waals surface area contributed by atoms with Gasteiger partial charge in [0.05, 0.1) is 18.3 Å². The molecule has 1 heterocycles. The highest BCUT2D eigenvalue weighted by molar-refractivity contribution is 5.26. The lowest BCUT2D eigenvalue weighted by Gasteiger charge is -2.58. The van der Waals surface area contributed by atoms with Crippen LogP contribution < -0.4 is 0 Å². The van der Waals surface area contributed by atoms with Crippen molar-refractivity contribution in [3.05, 3.63) is 11.6 Å². The molecule has 0 aromatic carbocycles. The Bertz CT molecular complexity index is 688. The molecule has 1 aliphatic heterocycles. The van der Waals surface area contributed by atoms with Gasteiger partial charge in [0, 0.05) is 6.61 Å². The molecule has 3 saturated carbocycles. The Hall–Kier alpha value is -0.380. The molecule has 0 aromatic rings. The molecule has 0 radical (unpaired) electrons. The van der Waals surface area contributed by atoms with Gasteiger partial charge in [-0.3, -0.25) is 0 Å². The number of rotatable bonds is 4. The van der Waals surface area contributed by atoms with Crippen molar-refractivity contribution in [2.24, 2.45) is 46.3 Å². The minimum atomic E-state index is -0.111. The summed E-state index contributed by atoms with van der Waals surface area (Å²) < 4.78 is 6.75. The Labute approximate surface area is 183 Å². The van der Waals surface area contributed by atoms with Crippen molar-refractivity contribution in [3.8, 4) is 0 Å². The van der Waals surface area contributed by atoms with Crippen molar-refractivity contribution in [1.82, 2.24) is 0 Å².